The van der Waals surface area contributed by atoms with Gasteiger partial charge in [-0.25, -0.2) is 4.98 Å². The molecule has 0 aliphatic carbocycles. The molecule has 0 bridgehead atoms. The average Bonchev–Trinajstić information content (AvgIpc) is 2.69. The van der Waals surface area contributed by atoms with Crippen molar-refractivity contribution < 1.29 is 22.3 Å². The molecule has 0 unspecified atom stereocenters. The van der Waals surface area contributed by atoms with Gasteiger partial charge in [-0.2, -0.15) is 22.5 Å². The van der Waals surface area contributed by atoms with Gasteiger partial charge < -0.3 is 14.5 Å². The fraction of sp³-hybridized carbons (Fsp3) is 0.526. The highest BCUT2D eigenvalue weighted by atomic mass is 19.4. The molecule has 0 aromatic carbocycles. The molecule has 0 amide bonds. The molecular weight excluding hydrogens is 406 g/mol. The van der Waals surface area contributed by atoms with Gasteiger partial charge in [0.15, 0.2) is 0 Å². The molecule has 1 fully saturated rings. The molecule has 7 nitrogen and oxygen atoms in total. The zero-order valence-corrected chi connectivity index (χ0v) is 16.3. The van der Waals surface area contributed by atoms with Crippen LogP contribution in [-0.2, 0) is 17.8 Å². The molecule has 30 heavy (non-hydrogen) atoms. The monoisotopic (exact) mass is 427 g/mol. The Morgan fingerprint density at radius 3 is 2.80 bits per heavy atom. The minimum Gasteiger partial charge on any atom is -0.377 e. The first-order valence-corrected chi connectivity index (χ1v) is 9.64. The van der Waals surface area contributed by atoms with Gasteiger partial charge in [-0.15, -0.1) is 0 Å². The number of nitrogens with zero attached hydrogens (tertiary/aromatic N) is 5. The lowest BCUT2D eigenvalue weighted by Crippen LogP contribution is -2.52. The number of alkyl halides is 3. The Kier molecular flexibility index (Phi) is 5.39. The number of halogens is 4. The fourth-order valence-electron chi connectivity index (χ4n) is 3.91. The van der Waals surface area contributed by atoms with Crippen molar-refractivity contribution in [1.29, 1.82) is 0 Å². The number of fused-ring (bicyclic) bond motifs is 1. The number of ether oxygens (including phenoxy) is 1. The highest BCUT2D eigenvalue weighted by molar-refractivity contribution is 5.48. The lowest BCUT2D eigenvalue weighted by molar-refractivity contribution is -0.153. The van der Waals surface area contributed by atoms with Crippen LogP contribution in [0, 0.1) is 5.95 Å². The van der Waals surface area contributed by atoms with Crippen LogP contribution < -0.4 is 15.4 Å². The smallest absolute Gasteiger partial charge is 0.377 e. The van der Waals surface area contributed by atoms with Crippen LogP contribution in [0.2, 0.25) is 0 Å². The number of anilines is 2. The van der Waals surface area contributed by atoms with E-state index in [1.165, 1.54) is 29.0 Å². The summed E-state index contributed by atoms with van der Waals surface area (Å²) in [6.07, 6.45) is -3.66. The van der Waals surface area contributed by atoms with Gasteiger partial charge in [0.2, 0.25) is 11.9 Å². The van der Waals surface area contributed by atoms with E-state index in [0.29, 0.717) is 25.6 Å². The first-order valence-electron chi connectivity index (χ1n) is 9.64. The van der Waals surface area contributed by atoms with E-state index >= 15 is 0 Å². The van der Waals surface area contributed by atoms with Crippen molar-refractivity contribution in [3.8, 4) is 0 Å². The van der Waals surface area contributed by atoms with Crippen LogP contribution in [0.4, 0.5) is 29.3 Å². The maximum absolute atomic E-state index is 14.1. The maximum Gasteiger partial charge on any atom is 0.408 e. The van der Waals surface area contributed by atoms with Crippen molar-refractivity contribution in [3.63, 3.8) is 0 Å². The van der Waals surface area contributed by atoms with Crippen molar-refractivity contribution in [2.45, 2.75) is 44.7 Å². The highest BCUT2D eigenvalue weighted by Gasteiger charge is 2.47. The predicted molar refractivity (Wildman–Crippen MR) is 101 cm³/mol. The minimum absolute atomic E-state index is 0.000377. The van der Waals surface area contributed by atoms with Gasteiger partial charge in [0.25, 0.3) is 5.56 Å². The van der Waals surface area contributed by atoms with Crippen LogP contribution in [0.5, 0.6) is 0 Å². The number of morpholine rings is 1. The van der Waals surface area contributed by atoms with Gasteiger partial charge in [0.05, 0.1) is 25.8 Å². The second kappa shape index (κ2) is 7.86. The molecule has 162 valence electrons. The molecule has 0 N–H and O–H groups in total. The van der Waals surface area contributed by atoms with Crippen LogP contribution in [0.3, 0.4) is 0 Å². The molecule has 11 heteroatoms. The fourth-order valence-corrected chi connectivity index (χ4v) is 3.91. The second-order valence-corrected chi connectivity index (χ2v) is 7.45. The molecule has 4 rings (SSSR count). The molecule has 2 aromatic rings. The Hall–Kier alpha value is -2.69. The van der Waals surface area contributed by atoms with E-state index in [0.717, 1.165) is 4.90 Å². The van der Waals surface area contributed by atoms with Crippen LogP contribution in [0.25, 0.3) is 0 Å². The normalized spacial score (nSPS) is 22.2. The molecule has 2 aliphatic heterocycles. The quantitative estimate of drug-likeness (QED) is 0.554. The summed E-state index contributed by atoms with van der Waals surface area (Å²) >= 11 is 0. The van der Waals surface area contributed by atoms with Crippen LogP contribution in [0.15, 0.2) is 29.2 Å². The third kappa shape index (κ3) is 3.85. The minimum atomic E-state index is -4.57. The number of pyridine rings is 1. The summed E-state index contributed by atoms with van der Waals surface area (Å²) in [5, 5.41) is 0. The van der Waals surface area contributed by atoms with E-state index in [9.17, 15) is 22.4 Å². The first-order chi connectivity index (χ1) is 14.3. The van der Waals surface area contributed by atoms with Crippen molar-refractivity contribution in [2.24, 2.45) is 0 Å². The summed E-state index contributed by atoms with van der Waals surface area (Å²) in [4.78, 5) is 23.5. The van der Waals surface area contributed by atoms with Gasteiger partial charge in [0, 0.05) is 30.9 Å². The second-order valence-electron chi connectivity index (χ2n) is 7.45. The number of aromatic nitrogens is 3. The average molecular weight is 427 g/mol. The zero-order chi connectivity index (χ0) is 21.5. The summed E-state index contributed by atoms with van der Waals surface area (Å²) < 4.78 is 62.2. The Balaban J connectivity index is 1.80. The van der Waals surface area contributed by atoms with Gasteiger partial charge >= 0.3 is 6.18 Å². The molecule has 0 saturated carbocycles. The lowest BCUT2D eigenvalue weighted by atomic mass is 10.1. The summed E-state index contributed by atoms with van der Waals surface area (Å²) in [5.41, 5.74) is -0.439. The van der Waals surface area contributed by atoms with Crippen LogP contribution in [-0.4, -0.2) is 52.6 Å². The lowest BCUT2D eigenvalue weighted by Gasteiger charge is -2.40. The van der Waals surface area contributed by atoms with E-state index in [1.54, 1.807) is 0 Å². The largest absolute Gasteiger partial charge is 0.408 e. The van der Waals surface area contributed by atoms with Gasteiger partial charge in [0.1, 0.15) is 11.9 Å². The Labute approximate surface area is 169 Å². The number of hydrogen-bond donors (Lipinski definition) is 0. The van der Waals surface area contributed by atoms with Gasteiger partial charge in [-0.05, 0) is 19.4 Å². The molecular formula is C19H21F4N5O2. The number of hydrogen-bond acceptors (Lipinski definition) is 6. The third-order valence-corrected chi connectivity index (χ3v) is 5.45. The molecule has 2 aliphatic rings. The van der Waals surface area contributed by atoms with Crippen molar-refractivity contribution in [1.82, 2.24) is 14.5 Å². The summed E-state index contributed by atoms with van der Waals surface area (Å²) in [7, 11) is 0. The first kappa shape index (κ1) is 20.6. The molecule has 0 radical (unpaired) electrons. The maximum atomic E-state index is 14.1. The van der Waals surface area contributed by atoms with Crippen molar-refractivity contribution in [2.75, 3.05) is 29.6 Å². The number of rotatable bonds is 3. The molecule has 2 aromatic heterocycles. The molecule has 0 spiro atoms. The van der Waals surface area contributed by atoms with Crippen LogP contribution in [0.1, 0.15) is 18.9 Å². The Bertz CT molecular complexity index is 980. The molecule has 2 atom stereocenters. The zero-order valence-electron chi connectivity index (χ0n) is 16.3. The van der Waals surface area contributed by atoms with Crippen molar-refractivity contribution >= 4 is 11.8 Å². The van der Waals surface area contributed by atoms with E-state index in [1.807, 2.05) is 11.8 Å². The van der Waals surface area contributed by atoms with Crippen LogP contribution >= 0.6 is 0 Å². The third-order valence-electron chi connectivity index (χ3n) is 5.45. The summed E-state index contributed by atoms with van der Waals surface area (Å²) in [6, 6.07) is 2.20. The Morgan fingerprint density at radius 1 is 1.30 bits per heavy atom. The van der Waals surface area contributed by atoms with E-state index in [4.69, 9.17) is 4.74 Å². The highest BCUT2D eigenvalue weighted by Crippen LogP contribution is 2.35. The topological polar surface area (TPSA) is 63.5 Å². The molecule has 1 saturated heterocycles. The standard InChI is InChI=1S/C19H21F4N5O2/c1-12-11-30-8-7-26(12)15-9-16(29)27-6-4-14(19(21,22)23)28(18(27)25-15)10-13-3-2-5-24-17(13)20/h2-3,5,9,12,14H,4,6-8,10-11H2,1H3/t12-,14+/m1/s1. The summed E-state index contributed by atoms with van der Waals surface area (Å²) in [6.45, 7) is 2.70. The van der Waals surface area contributed by atoms with E-state index in [-0.39, 0.29) is 30.5 Å². The molecule has 4 heterocycles. The van der Waals surface area contributed by atoms with E-state index < -0.39 is 30.3 Å². The summed E-state index contributed by atoms with van der Waals surface area (Å²) in [5.74, 6) is -0.676. The van der Waals surface area contributed by atoms with Gasteiger partial charge in [-0.3, -0.25) is 9.36 Å². The van der Waals surface area contributed by atoms with Gasteiger partial charge in [-0.1, -0.05) is 6.07 Å². The predicted octanol–water partition coefficient (Wildman–Crippen LogP) is 2.34. The van der Waals surface area contributed by atoms with E-state index in [2.05, 4.69) is 9.97 Å². The Morgan fingerprint density at radius 2 is 2.10 bits per heavy atom. The van der Waals surface area contributed by atoms with Crippen molar-refractivity contribution in [3.05, 3.63) is 46.3 Å². The SMILES string of the molecule is C[C@@H]1COCCN1c1cc(=O)n2c(n1)N(Cc1cccnc1F)[C@H](C(F)(F)F)CC2.